The van der Waals surface area contributed by atoms with Gasteiger partial charge >= 0.3 is 0 Å². The molecule has 3 aromatic rings. The Morgan fingerprint density at radius 3 is 3.11 bits per heavy atom. The Morgan fingerprint density at radius 2 is 2.32 bits per heavy atom. The molecule has 6 heteroatoms. The molecule has 2 aromatic heterocycles. The van der Waals surface area contributed by atoms with Crippen LogP contribution in [0.25, 0.3) is 4.96 Å². The smallest absolute Gasteiger partial charge is 0.193 e. The predicted octanol–water partition coefficient (Wildman–Crippen LogP) is 2.57. The van der Waals surface area contributed by atoms with E-state index in [1.54, 1.807) is 36.6 Å². The summed E-state index contributed by atoms with van der Waals surface area (Å²) < 4.78 is 12.8. The first kappa shape index (κ1) is 11.9. The Kier molecular flexibility index (Phi) is 3.00. The van der Waals surface area contributed by atoms with Gasteiger partial charge in [-0.1, -0.05) is 0 Å². The van der Waals surface area contributed by atoms with Crippen LogP contribution >= 0.6 is 11.3 Å². The highest BCUT2D eigenvalue weighted by Gasteiger charge is 2.06. The molecule has 0 amide bonds. The Bertz CT molecular complexity index is 676. The van der Waals surface area contributed by atoms with Gasteiger partial charge < -0.3 is 15.2 Å². The molecule has 5 nitrogen and oxygen atoms in total. The number of methoxy groups -OCH3 is 1. The van der Waals surface area contributed by atoms with Crippen LogP contribution in [0.1, 0.15) is 5.69 Å². The lowest BCUT2D eigenvalue weighted by atomic mass is 10.3. The zero-order valence-electron chi connectivity index (χ0n) is 10.4. The normalized spacial score (nSPS) is 10.8. The van der Waals surface area contributed by atoms with Crippen LogP contribution in [0.15, 0.2) is 36.0 Å². The Hall–Kier alpha value is -2.21. The third-order valence-corrected chi connectivity index (χ3v) is 3.51. The number of thiazole rings is 1. The van der Waals surface area contributed by atoms with Crippen LogP contribution in [0.4, 0.5) is 5.69 Å². The van der Waals surface area contributed by atoms with Gasteiger partial charge in [0.05, 0.1) is 18.5 Å². The summed E-state index contributed by atoms with van der Waals surface area (Å²) in [7, 11) is 1.61. The number of hydrogen-bond acceptors (Lipinski definition) is 5. The maximum Gasteiger partial charge on any atom is 0.193 e. The van der Waals surface area contributed by atoms with Crippen molar-refractivity contribution in [3.63, 3.8) is 0 Å². The van der Waals surface area contributed by atoms with Crippen LogP contribution in [0.5, 0.6) is 11.5 Å². The molecule has 0 radical (unpaired) electrons. The van der Waals surface area contributed by atoms with Crippen LogP contribution in [-0.2, 0) is 6.61 Å². The fourth-order valence-corrected chi connectivity index (χ4v) is 2.48. The summed E-state index contributed by atoms with van der Waals surface area (Å²) in [6, 6.07) is 5.34. The molecule has 0 fully saturated rings. The zero-order valence-corrected chi connectivity index (χ0v) is 11.2. The van der Waals surface area contributed by atoms with Gasteiger partial charge in [0.15, 0.2) is 4.96 Å². The molecule has 0 aliphatic rings. The lowest BCUT2D eigenvalue weighted by Crippen LogP contribution is -1.99. The average molecular weight is 275 g/mol. The predicted molar refractivity (Wildman–Crippen MR) is 74.8 cm³/mol. The number of nitrogens with two attached hydrogens (primary N) is 1. The second-order valence-electron chi connectivity index (χ2n) is 4.02. The van der Waals surface area contributed by atoms with Crippen molar-refractivity contribution in [3.05, 3.63) is 41.7 Å². The number of imidazole rings is 1. The van der Waals surface area contributed by atoms with Crippen molar-refractivity contribution in [2.75, 3.05) is 12.8 Å². The molecular weight excluding hydrogens is 262 g/mol. The number of benzene rings is 1. The molecule has 0 saturated heterocycles. The summed E-state index contributed by atoms with van der Waals surface area (Å²) >= 11 is 1.59. The van der Waals surface area contributed by atoms with Crippen LogP contribution in [0.2, 0.25) is 0 Å². The SMILES string of the molecule is COc1ccc(N)c(OCc2cn3ccsc3n2)c1. The van der Waals surface area contributed by atoms with Gasteiger partial charge in [-0.05, 0) is 12.1 Å². The summed E-state index contributed by atoms with van der Waals surface area (Å²) in [6.45, 7) is 0.381. The molecule has 98 valence electrons. The van der Waals surface area contributed by atoms with E-state index >= 15 is 0 Å². The van der Waals surface area contributed by atoms with Gasteiger partial charge in [-0.25, -0.2) is 4.98 Å². The van der Waals surface area contributed by atoms with Gasteiger partial charge in [0.1, 0.15) is 18.1 Å². The van der Waals surface area contributed by atoms with E-state index in [2.05, 4.69) is 4.98 Å². The molecule has 3 rings (SSSR count). The monoisotopic (exact) mass is 275 g/mol. The van der Waals surface area contributed by atoms with Crippen LogP contribution in [0.3, 0.4) is 0 Å². The van der Waals surface area contributed by atoms with Gasteiger partial charge in [0.2, 0.25) is 0 Å². The molecule has 0 saturated carbocycles. The highest BCUT2D eigenvalue weighted by molar-refractivity contribution is 7.15. The fraction of sp³-hybridized carbons (Fsp3) is 0.154. The van der Waals surface area contributed by atoms with Crippen LogP contribution in [0, 0.1) is 0 Å². The number of nitrogen functional groups attached to an aromatic ring is 1. The van der Waals surface area contributed by atoms with Crippen molar-refractivity contribution >= 4 is 22.0 Å². The number of anilines is 1. The highest BCUT2D eigenvalue weighted by atomic mass is 32.1. The summed E-state index contributed by atoms with van der Waals surface area (Å²) in [6.07, 6.45) is 3.92. The first-order valence-electron chi connectivity index (χ1n) is 5.73. The quantitative estimate of drug-likeness (QED) is 0.743. The van der Waals surface area contributed by atoms with Gasteiger partial charge in [-0.15, -0.1) is 11.3 Å². The molecule has 0 spiro atoms. The topological polar surface area (TPSA) is 61.8 Å². The van der Waals surface area contributed by atoms with Crippen molar-refractivity contribution in [1.82, 2.24) is 9.38 Å². The van der Waals surface area contributed by atoms with E-state index < -0.39 is 0 Å². The van der Waals surface area contributed by atoms with Crippen molar-refractivity contribution in [1.29, 1.82) is 0 Å². The summed E-state index contributed by atoms with van der Waals surface area (Å²) in [5, 5.41) is 1.99. The molecule has 1 aromatic carbocycles. The summed E-state index contributed by atoms with van der Waals surface area (Å²) in [5.74, 6) is 1.32. The van der Waals surface area contributed by atoms with E-state index in [0.717, 1.165) is 16.4 Å². The van der Waals surface area contributed by atoms with Crippen molar-refractivity contribution in [2.45, 2.75) is 6.61 Å². The van der Waals surface area contributed by atoms with Crippen molar-refractivity contribution < 1.29 is 9.47 Å². The Labute approximate surface area is 114 Å². The maximum atomic E-state index is 5.86. The maximum absolute atomic E-state index is 5.86. The van der Waals surface area contributed by atoms with E-state index in [-0.39, 0.29) is 0 Å². The number of rotatable bonds is 4. The second kappa shape index (κ2) is 4.81. The molecule has 0 atom stereocenters. The minimum absolute atomic E-state index is 0.381. The molecular formula is C13H13N3O2S. The molecule has 0 aliphatic carbocycles. The number of aromatic nitrogens is 2. The van der Waals surface area contributed by atoms with E-state index in [1.807, 2.05) is 22.2 Å². The fourth-order valence-electron chi connectivity index (χ4n) is 1.76. The van der Waals surface area contributed by atoms with E-state index in [0.29, 0.717) is 18.0 Å². The third-order valence-electron chi connectivity index (χ3n) is 2.74. The van der Waals surface area contributed by atoms with Crippen LogP contribution < -0.4 is 15.2 Å². The van der Waals surface area contributed by atoms with E-state index in [1.165, 1.54) is 0 Å². The zero-order chi connectivity index (χ0) is 13.2. The van der Waals surface area contributed by atoms with Gasteiger partial charge in [0, 0.05) is 23.8 Å². The number of ether oxygens (including phenoxy) is 2. The summed E-state index contributed by atoms with van der Waals surface area (Å²) in [4.78, 5) is 5.40. The number of nitrogens with zero attached hydrogens (tertiary/aromatic N) is 2. The lowest BCUT2D eigenvalue weighted by Gasteiger charge is -2.09. The van der Waals surface area contributed by atoms with Crippen molar-refractivity contribution in [2.24, 2.45) is 0 Å². The molecule has 2 heterocycles. The number of fused-ring (bicyclic) bond motifs is 1. The lowest BCUT2D eigenvalue weighted by molar-refractivity contribution is 0.301. The van der Waals surface area contributed by atoms with E-state index in [4.69, 9.17) is 15.2 Å². The third kappa shape index (κ3) is 2.34. The summed E-state index contributed by atoms with van der Waals surface area (Å²) in [5.41, 5.74) is 7.31. The largest absolute Gasteiger partial charge is 0.497 e. The van der Waals surface area contributed by atoms with Crippen LogP contribution in [-0.4, -0.2) is 16.5 Å². The molecule has 2 N–H and O–H groups in total. The highest BCUT2D eigenvalue weighted by Crippen LogP contribution is 2.27. The molecule has 0 bridgehead atoms. The van der Waals surface area contributed by atoms with E-state index in [9.17, 15) is 0 Å². The van der Waals surface area contributed by atoms with Gasteiger partial charge in [-0.3, -0.25) is 4.40 Å². The first-order valence-corrected chi connectivity index (χ1v) is 6.61. The van der Waals surface area contributed by atoms with Gasteiger partial charge in [0.25, 0.3) is 0 Å². The number of hydrogen-bond donors (Lipinski definition) is 1. The molecule has 0 aliphatic heterocycles. The van der Waals surface area contributed by atoms with Crippen molar-refractivity contribution in [3.8, 4) is 11.5 Å². The van der Waals surface area contributed by atoms with Gasteiger partial charge in [-0.2, -0.15) is 0 Å². The Morgan fingerprint density at radius 1 is 1.42 bits per heavy atom. The minimum Gasteiger partial charge on any atom is -0.497 e. The first-order chi connectivity index (χ1) is 9.26. The second-order valence-corrected chi connectivity index (χ2v) is 4.89. The Balaban J connectivity index is 1.76. The standard InChI is InChI=1S/C13H13N3O2S/c1-17-10-2-3-11(14)12(6-10)18-8-9-7-16-4-5-19-13(16)15-9/h2-7H,8,14H2,1H3. The average Bonchev–Trinajstić information content (AvgIpc) is 2.98. The molecule has 19 heavy (non-hydrogen) atoms. The molecule has 0 unspecified atom stereocenters. The minimum atomic E-state index is 0.381.